The molecule has 0 fully saturated rings. The summed E-state index contributed by atoms with van der Waals surface area (Å²) in [6.07, 6.45) is 0.666. The number of rotatable bonds is 4. The number of amides is 1. The molecule has 1 aromatic rings. The van der Waals surface area contributed by atoms with Gasteiger partial charge in [0.2, 0.25) is 5.91 Å². The number of benzene rings is 1. The van der Waals surface area contributed by atoms with Gasteiger partial charge >= 0.3 is 0 Å². The third kappa shape index (κ3) is 3.57. The average Bonchev–Trinajstić information content (AvgIpc) is 2.36. The van der Waals surface area contributed by atoms with Gasteiger partial charge in [-0.15, -0.1) is 0 Å². The van der Waals surface area contributed by atoms with Crippen LogP contribution < -0.4 is 10.6 Å². The minimum atomic E-state index is -0.481. The van der Waals surface area contributed by atoms with Crippen LogP contribution >= 0.6 is 0 Å². The summed E-state index contributed by atoms with van der Waals surface area (Å²) in [7, 11) is 1.70. The van der Waals surface area contributed by atoms with Gasteiger partial charge in [0.1, 0.15) is 0 Å². The van der Waals surface area contributed by atoms with E-state index < -0.39 is 6.04 Å². The molecule has 1 aromatic carbocycles. The first kappa shape index (κ1) is 14.2. The molecule has 0 aliphatic carbocycles. The molecular weight excluding hydrogens is 226 g/mol. The van der Waals surface area contributed by atoms with Crippen LogP contribution in [0.1, 0.15) is 25.8 Å². The number of nitrogens with two attached hydrogens (primary N) is 1. The second-order valence-corrected chi connectivity index (χ2v) is 4.79. The molecule has 2 N–H and O–H groups in total. The predicted octanol–water partition coefficient (Wildman–Crippen LogP) is 1.89. The van der Waals surface area contributed by atoms with Crippen molar-refractivity contribution in [2.75, 3.05) is 11.9 Å². The van der Waals surface area contributed by atoms with Crippen molar-refractivity contribution in [1.29, 1.82) is 5.26 Å². The van der Waals surface area contributed by atoms with Gasteiger partial charge in [-0.2, -0.15) is 5.26 Å². The number of anilines is 1. The number of carbonyl (C=O) groups excluding carboxylic acids is 1. The van der Waals surface area contributed by atoms with Crippen LogP contribution in [-0.2, 0) is 4.79 Å². The van der Waals surface area contributed by atoms with E-state index in [0.717, 1.165) is 5.69 Å². The first-order chi connectivity index (χ1) is 8.45. The maximum absolute atomic E-state index is 12.1. The molecule has 0 bridgehead atoms. The fourth-order valence-corrected chi connectivity index (χ4v) is 1.74. The van der Waals surface area contributed by atoms with Gasteiger partial charge in [0.15, 0.2) is 0 Å². The molecule has 0 aliphatic heterocycles. The first-order valence-electron chi connectivity index (χ1n) is 5.99. The lowest BCUT2D eigenvalue weighted by Gasteiger charge is -2.22. The predicted molar refractivity (Wildman–Crippen MR) is 72.0 cm³/mol. The summed E-state index contributed by atoms with van der Waals surface area (Å²) < 4.78 is 0. The Morgan fingerprint density at radius 3 is 2.39 bits per heavy atom. The smallest absolute Gasteiger partial charge is 0.243 e. The molecule has 96 valence electrons. The maximum Gasteiger partial charge on any atom is 0.243 e. The molecule has 0 aliphatic rings. The lowest BCUT2D eigenvalue weighted by atomic mass is 10.0. The number of carbonyl (C=O) groups is 1. The molecule has 0 radical (unpaired) electrons. The van der Waals surface area contributed by atoms with E-state index in [4.69, 9.17) is 11.0 Å². The highest BCUT2D eigenvalue weighted by molar-refractivity contribution is 5.96. The maximum atomic E-state index is 12.1. The monoisotopic (exact) mass is 245 g/mol. The van der Waals surface area contributed by atoms with Gasteiger partial charge in [-0.3, -0.25) is 4.79 Å². The first-order valence-corrected chi connectivity index (χ1v) is 5.99. The van der Waals surface area contributed by atoms with Crippen molar-refractivity contribution in [2.24, 2.45) is 11.7 Å². The summed E-state index contributed by atoms with van der Waals surface area (Å²) in [6.45, 7) is 4.07. The minimum absolute atomic E-state index is 0.103. The van der Waals surface area contributed by atoms with Gasteiger partial charge < -0.3 is 10.6 Å². The van der Waals surface area contributed by atoms with Crippen LogP contribution in [0.3, 0.4) is 0 Å². The molecule has 0 aromatic heterocycles. The zero-order valence-corrected chi connectivity index (χ0v) is 11.1. The molecule has 1 atom stereocenters. The molecule has 0 unspecified atom stereocenters. The van der Waals surface area contributed by atoms with E-state index in [-0.39, 0.29) is 5.91 Å². The SMILES string of the molecule is CC(C)C[C@H](N)C(=O)N(C)c1ccc(C#N)cc1. The summed E-state index contributed by atoms with van der Waals surface area (Å²) in [4.78, 5) is 13.6. The van der Waals surface area contributed by atoms with Crippen molar-refractivity contribution >= 4 is 11.6 Å². The standard InChI is InChI=1S/C14H19N3O/c1-10(2)8-13(16)14(18)17(3)12-6-4-11(9-15)5-7-12/h4-7,10,13H,8,16H2,1-3H3/t13-/m0/s1. The fraction of sp³-hybridized carbons (Fsp3) is 0.429. The molecule has 18 heavy (non-hydrogen) atoms. The van der Waals surface area contributed by atoms with Gasteiger partial charge in [-0.25, -0.2) is 0 Å². The Hall–Kier alpha value is -1.86. The molecule has 0 saturated heterocycles. The van der Waals surface area contributed by atoms with E-state index >= 15 is 0 Å². The number of nitriles is 1. The molecule has 4 nitrogen and oxygen atoms in total. The van der Waals surface area contributed by atoms with Crippen LogP contribution in [-0.4, -0.2) is 19.0 Å². The Balaban J connectivity index is 2.76. The Bertz CT molecular complexity index is 445. The van der Waals surface area contributed by atoms with E-state index in [0.29, 0.717) is 17.9 Å². The van der Waals surface area contributed by atoms with Crippen molar-refractivity contribution in [3.05, 3.63) is 29.8 Å². The van der Waals surface area contributed by atoms with Crippen molar-refractivity contribution in [3.63, 3.8) is 0 Å². The van der Waals surface area contributed by atoms with Gasteiger partial charge in [0.25, 0.3) is 0 Å². The van der Waals surface area contributed by atoms with Crippen molar-refractivity contribution in [2.45, 2.75) is 26.3 Å². The number of likely N-dealkylation sites (N-methyl/N-ethyl adjacent to an activating group) is 1. The van der Waals surface area contributed by atoms with Crippen molar-refractivity contribution in [3.8, 4) is 6.07 Å². The Morgan fingerprint density at radius 1 is 1.39 bits per heavy atom. The second-order valence-electron chi connectivity index (χ2n) is 4.79. The van der Waals surface area contributed by atoms with E-state index in [2.05, 4.69) is 0 Å². The highest BCUT2D eigenvalue weighted by Gasteiger charge is 2.19. The van der Waals surface area contributed by atoms with Gasteiger partial charge in [0.05, 0.1) is 17.7 Å². The number of nitrogens with zero attached hydrogens (tertiary/aromatic N) is 2. The normalized spacial score (nSPS) is 12.0. The van der Waals surface area contributed by atoms with Crippen LogP contribution in [0.15, 0.2) is 24.3 Å². The highest BCUT2D eigenvalue weighted by atomic mass is 16.2. The fourth-order valence-electron chi connectivity index (χ4n) is 1.74. The van der Waals surface area contributed by atoms with Crippen molar-refractivity contribution < 1.29 is 4.79 Å². The minimum Gasteiger partial charge on any atom is -0.320 e. The van der Waals surface area contributed by atoms with E-state index in [1.54, 1.807) is 31.3 Å². The Morgan fingerprint density at radius 2 is 1.94 bits per heavy atom. The topological polar surface area (TPSA) is 70.1 Å². The van der Waals surface area contributed by atoms with Crippen LogP contribution in [0.25, 0.3) is 0 Å². The average molecular weight is 245 g/mol. The molecule has 4 heteroatoms. The molecule has 0 saturated carbocycles. The second kappa shape index (κ2) is 6.18. The van der Waals surface area contributed by atoms with Gasteiger partial charge in [0, 0.05) is 12.7 Å². The van der Waals surface area contributed by atoms with Crippen LogP contribution in [0, 0.1) is 17.2 Å². The summed E-state index contributed by atoms with van der Waals surface area (Å²) in [5.74, 6) is 0.284. The van der Waals surface area contributed by atoms with E-state index in [1.807, 2.05) is 19.9 Å². The van der Waals surface area contributed by atoms with E-state index in [9.17, 15) is 4.79 Å². The molecular formula is C14H19N3O. The van der Waals surface area contributed by atoms with Crippen LogP contribution in [0.5, 0.6) is 0 Å². The number of hydrogen-bond acceptors (Lipinski definition) is 3. The molecule has 1 amide bonds. The molecule has 1 rings (SSSR count). The quantitative estimate of drug-likeness (QED) is 0.880. The summed E-state index contributed by atoms with van der Waals surface area (Å²) in [6, 6.07) is 8.43. The van der Waals surface area contributed by atoms with E-state index in [1.165, 1.54) is 4.90 Å². The third-order valence-electron chi connectivity index (χ3n) is 2.76. The lowest BCUT2D eigenvalue weighted by Crippen LogP contribution is -2.42. The summed E-state index contributed by atoms with van der Waals surface area (Å²) in [5.41, 5.74) is 7.19. The summed E-state index contributed by atoms with van der Waals surface area (Å²) >= 11 is 0. The Labute approximate surface area is 108 Å². The highest BCUT2D eigenvalue weighted by Crippen LogP contribution is 2.15. The molecule has 0 heterocycles. The van der Waals surface area contributed by atoms with Crippen LogP contribution in [0.4, 0.5) is 5.69 Å². The van der Waals surface area contributed by atoms with Gasteiger partial charge in [-0.05, 0) is 36.6 Å². The zero-order chi connectivity index (χ0) is 13.7. The van der Waals surface area contributed by atoms with Crippen LogP contribution in [0.2, 0.25) is 0 Å². The van der Waals surface area contributed by atoms with Crippen molar-refractivity contribution in [1.82, 2.24) is 0 Å². The zero-order valence-electron chi connectivity index (χ0n) is 11.1. The molecule has 0 spiro atoms. The number of hydrogen-bond donors (Lipinski definition) is 1. The lowest BCUT2D eigenvalue weighted by molar-refractivity contribution is -0.119. The van der Waals surface area contributed by atoms with Gasteiger partial charge in [-0.1, -0.05) is 13.8 Å². The summed E-state index contributed by atoms with van der Waals surface area (Å²) in [5, 5.41) is 8.71. The Kier molecular flexibility index (Phi) is 4.87. The third-order valence-corrected chi connectivity index (χ3v) is 2.76. The largest absolute Gasteiger partial charge is 0.320 e.